The number of aromatic nitrogens is 2. The average molecular weight is 1280 g/mol. The number of carboxylic acids is 3. The third kappa shape index (κ3) is 27.1. The molecule has 0 radical (unpaired) electrons. The van der Waals surface area contributed by atoms with Crippen LogP contribution in [0.4, 0.5) is 0 Å². The average Bonchev–Trinajstić information content (AvgIpc) is 1.93. The molecule has 500 valence electrons. The first kappa shape index (κ1) is 76.9. The Balaban J connectivity index is 2.46. The van der Waals surface area contributed by atoms with E-state index >= 15 is 0 Å². The number of benzene rings is 1. The maximum absolute atomic E-state index is 14.4. The van der Waals surface area contributed by atoms with Crippen molar-refractivity contribution in [3.05, 3.63) is 54.1 Å². The van der Waals surface area contributed by atoms with Gasteiger partial charge in [-0.05, 0) is 63.0 Å². The molecule has 0 fully saturated rings. The highest BCUT2D eigenvalue weighted by molar-refractivity contribution is 5.99. The summed E-state index contributed by atoms with van der Waals surface area (Å²) < 4.78 is 0. The van der Waals surface area contributed by atoms with Crippen molar-refractivity contribution in [3.63, 3.8) is 0 Å². The maximum Gasteiger partial charge on any atom is 0.326 e. The summed E-state index contributed by atoms with van der Waals surface area (Å²) in [6.07, 6.45) is -2.69. The number of rotatable bonds is 42. The first-order chi connectivity index (χ1) is 42.3. The number of H-pyrrole nitrogens is 1. The van der Waals surface area contributed by atoms with Gasteiger partial charge in [0.1, 0.15) is 60.4 Å². The molecular formula is C55H85N15O20. The van der Waals surface area contributed by atoms with E-state index in [-0.39, 0.29) is 37.4 Å². The second kappa shape index (κ2) is 39.0. The minimum Gasteiger partial charge on any atom is -0.481 e. The summed E-state index contributed by atoms with van der Waals surface area (Å²) in [5.41, 5.74) is 17.4. The molecule has 1 aromatic heterocycles. The zero-order chi connectivity index (χ0) is 67.9. The van der Waals surface area contributed by atoms with Crippen LogP contribution in [0.5, 0.6) is 0 Å². The fraction of sp³-hybridized carbons (Fsp3) is 0.582. The number of nitrogens with one attached hydrogen (secondary N) is 11. The zero-order valence-corrected chi connectivity index (χ0v) is 50.4. The number of aromatic amines is 1. The SMILES string of the molecule is CC(C)[C@H](N)C(=O)N[C@@H](CCCCN)C(=O)N[C@H](C(=O)N[C@@H](CO)C(=O)N[C@@H](Cc1cnc[nH]1)C(=O)N[C@H](C(=O)N[C@@H](Cc1ccccc1)C(=O)N[C@@H](CCC(=O)O)C(=O)N[C@@H](CO)C(=O)N[C@@H](CCC(=O)O)C(=O)N[C@@H](CC(N)=O)C(=O)O)C(C)C)[C@@H](C)O. The van der Waals surface area contributed by atoms with Gasteiger partial charge in [0.25, 0.3) is 0 Å². The van der Waals surface area contributed by atoms with Crippen molar-refractivity contribution in [3.8, 4) is 0 Å². The molecule has 12 atom stereocenters. The number of aliphatic hydroxyl groups excluding tert-OH is 3. The number of hydrogen-bond acceptors (Lipinski definition) is 20. The minimum absolute atomic E-state index is 0.0643. The normalized spacial score (nSPS) is 15.2. The topological polar surface area (TPSA) is 587 Å². The Hall–Kier alpha value is -9.19. The van der Waals surface area contributed by atoms with Gasteiger partial charge in [-0.3, -0.25) is 62.3 Å². The Morgan fingerprint density at radius 3 is 1.37 bits per heavy atom. The Kier molecular flexibility index (Phi) is 33.3. The summed E-state index contributed by atoms with van der Waals surface area (Å²) in [4.78, 5) is 191. The lowest BCUT2D eigenvalue weighted by Crippen LogP contribution is -2.63. The number of carbonyl (C=O) groups is 14. The molecule has 1 aromatic carbocycles. The molecule has 1 heterocycles. The molecule has 0 saturated heterocycles. The molecule has 0 aliphatic rings. The molecule has 2 aromatic rings. The van der Waals surface area contributed by atoms with Crippen LogP contribution in [0, 0.1) is 11.8 Å². The van der Waals surface area contributed by atoms with Crippen LogP contribution in [0.25, 0.3) is 0 Å². The van der Waals surface area contributed by atoms with E-state index in [1.807, 2.05) is 5.32 Å². The summed E-state index contributed by atoms with van der Waals surface area (Å²) in [7, 11) is 0. The molecule has 11 amide bonds. The lowest BCUT2D eigenvalue weighted by atomic mass is 9.99. The lowest BCUT2D eigenvalue weighted by Gasteiger charge is -2.29. The molecule has 23 N–H and O–H groups in total. The Morgan fingerprint density at radius 2 is 0.911 bits per heavy atom. The number of aliphatic carboxylic acids is 3. The molecule has 35 nitrogen and oxygen atoms in total. The number of carboxylic acid groups (broad SMARTS) is 3. The molecule has 0 spiro atoms. The summed E-state index contributed by atoms with van der Waals surface area (Å²) >= 11 is 0. The van der Waals surface area contributed by atoms with Crippen molar-refractivity contribution >= 4 is 82.9 Å². The van der Waals surface area contributed by atoms with Crippen LogP contribution in [-0.2, 0) is 80.0 Å². The van der Waals surface area contributed by atoms with Crippen LogP contribution < -0.4 is 70.4 Å². The fourth-order valence-electron chi connectivity index (χ4n) is 8.41. The summed E-state index contributed by atoms with van der Waals surface area (Å²) in [6, 6.07) is -10.4. The molecule has 2 rings (SSSR count). The van der Waals surface area contributed by atoms with Gasteiger partial charge in [-0.1, -0.05) is 58.0 Å². The van der Waals surface area contributed by atoms with Crippen molar-refractivity contribution in [1.29, 1.82) is 0 Å². The van der Waals surface area contributed by atoms with Crippen LogP contribution in [0.1, 0.15) is 97.2 Å². The standard InChI is InChI=1S/C55H85N15O20/c1-26(2)42(58)52(86)63-31(13-9-10-18-56)47(81)70-44(28(5)73)54(88)68-38(24-72)51(85)64-35(20-30-22-59-25-60-30)49(83)69-43(27(3)4)53(87)65-34(19-29-11-7-6-8-12-29)48(82)61-33(15-17-41(77)78)46(80)67-37(23-71)50(84)62-32(14-16-40(75)76)45(79)66-36(55(89)90)21-39(57)74/h6-8,11-12,22,25-28,31-38,42-44,71-73H,9-10,13-21,23-24,56,58H2,1-5H3,(H2,57,74)(H,59,60)(H,61,82)(H,62,84)(H,63,86)(H,64,85)(H,65,87)(H,66,79)(H,67,80)(H,68,88)(H,69,83)(H,70,81)(H,75,76)(H,77,78)(H,89,90)/t28-,31+,32+,33+,34+,35+,36+,37+,38+,42+,43+,44+/m1/s1. The molecule has 0 bridgehead atoms. The Morgan fingerprint density at radius 1 is 0.500 bits per heavy atom. The van der Waals surface area contributed by atoms with Crippen molar-refractivity contribution in [2.45, 2.75) is 171 Å². The number of nitrogens with two attached hydrogens (primary N) is 3. The van der Waals surface area contributed by atoms with Gasteiger partial charge in [0.15, 0.2) is 0 Å². The smallest absolute Gasteiger partial charge is 0.326 e. The third-order valence-corrected chi connectivity index (χ3v) is 13.6. The van der Waals surface area contributed by atoms with E-state index in [0.717, 1.165) is 6.92 Å². The molecule has 0 aliphatic carbocycles. The van der Waals surface area contributed by atoms with Crippen LogP contribution >= 0.6 is 0 Å². The molecule has 0 unspecified atom stereocenters. The van der Waals surface area contributed by atoms with Crippen molar-refractivity contribution in [1.82, 2.24) is 63.1 Å². The highest BCUT2D eigenvalue weighted by atomic mass is 16.4. The molecule has 0 saturated carbocycles. The van der Waals surface area contributed by atoms with Crippen LogP contribution in [0.15, 0.2) is 42.9 Å². The van der Waals surface area contributed by atoms with E-state index in [1.54, 1.807) is 44.2 Å². The second-order valence-electron chi connectivity index (χ2n) is 21.7. The van der Waals surface area contributed by atoms with Crippen LogP contribution in [0.3, 0.4) is 0 Å². The number of primary amides is 1. The van der Waals surface area contributed by atoms with Gasteiger partial charge < -0.3 is 106 Å². The van der Waals surface area contributed by atoms with Crippen LogP contribution in [-0.4, -0.2) is 216 Å². The predicted molar refractivity (Wildman–Crippen MR) is 313 cm³/mol. The van der Waals surface area contributed by atoms with E-state index in [4.69, 9.17) is 17.2 Å². The van der Waals surface area contributed by atoms with E-state index in [9.17, 15) is 97.8 Å². The summed E-state index contributed by atoms with van der Waals surface area (Å²) in [6.45, 7) is 5.47. The fourth-order valence-corrected chi connectivity index (χ4v) is 8.41. The minimum atomic E-state index is -2.01. The van der Waals surface area contributed by atoms with Gasteiger partial charge in [-0.15, -0.1) is 0 Å². The largest absolute Gasteiger partial charge is 0.481 e. The summed E-state index contributed by atoms with van der Waals surface area (Å²) in [5.74, 6) is -18.0. The number of imidazole rings is 1. The summed E-state index contributed by atoms with van der Waals surface area (Å²) in [5, 5.41) is 82.8. The van der Waals surface area contributed by atoms with Gasteiger partial charge in [-0.25, -0.2) is 9.78 Å². The van der Waals surface area contributed by atoms with Gasteiger partial charge in [0.05, 0.1) is 38.1 Å². The van der Waals surface area contributed by atoms with Gasteiger partial charge in [0, 0.05) is 37.6 Å². The third-order valence-electron chi connectivity index (χ3n) is 13.6. The van der Waals surface area contributed by atoms with Gasteiger partial charge in [-0.2, -0.15) is 0 Å². The predicted octanol–water partition coefficient (Wildman–Crippen LogP) is -7.13. The highest BCUT2D eigenvalue weighted by Gasteiger charge is 2.38. The van der Waals surface area contributed by atoms with Gasteiger partial charge in [0.2, 0.25) is 65.0 Å². The number of aliphatic hydroxyl groups is 3. The first-order valence-electron chi connectivity index (χ1n) is 28.7. The number of unbranched alkanes of at least 4 members (excludes halogenated alkanes) is 1. The quantitative estimate of drug-likeness (QED) is 0.0275. The number of carbonyl (C=O) groups excluding carboxylic acids is 11. The second-order valence-corrected chi connectivity index (χ2v) is 21.7. The van der Waals surface area contributed by atoms with Crippen molar-refractivity contribution in [2.24, 2.45) is 29.0 Å². The van der Waals surface area contributed by atoms with E-state index in [1.165, 1.54) is 26.4 Å². The zero-order valence-electron chi connectivity index (χ0n) is 50.4. The molecule has 0 aliphatic heterocycles. The van der Waals surface area contributed by atoms with E-state index in [2.05, 4.69) is 57.8 Å². The number of hydrogen-bond donors (Lipinski definition) is 20. The number of amides is 11. The first-order valence-corrected chi connectivity index (χ1v) is 28.7. The maximum atomic E-state index is 14.4. The van der Waals surface area contributed by atoms with Crippen LogP contribution in [0.2, 0.25) is 0 Å². The van der Waals surface area contributed by atoms with E-state index < -0.39 is 207 Å². The monoisotopic (exact) mass is 1280 g/mol. The van der Waals surface area contributed by atoms with E-state index in [0.29, 0.717) is 18.4 Å². The van der Waals surface area contributed by atoms with Gasteiger partial charge >= 0.3 is 17.9 Å². The Labute approximate surface area is 516 Å². The van der Waals surface area contributed by atoms with Crippen molar-refractivity contribution in [2.75, 3.05) is 19.8 Å². The number of nitrogens with zero attached hydrogens (tertiary/aromatic N) is 1. The molecular weight excluding hydrogens is 1190 g/mol. The van der Waals surface area contributed by atoms with Crippen molar-refractivity contribution < 1.29 is 97.8 Å². The highest BCUT2D eigenvalue weighted by Crippen LogP contribution is 2.12. The molecule has 90 heavy (non-hydrogen) atoms. The molecule has 35 heteroatoms. The Bertz CT molecular complexity index is 2770. The lowest BCUT2D eigenvalue weighted by molar-refractivity contribution is -0.144.